The van der Waals surface area contributed by atoms with Crippen molar-refractivity contribution >= 4 is 21.4 Å². The lowest BCUT2D eigenvalue weighted by molar-refractivity contribution is 0.246. The van der Waals surface area contributed by atoms with E-state index < -0.39 is 0 Å². The Morgan fingerprint density at radius 1 is 1.24 bits per heavy atom. The Hall–Kier alpha value is -0.860. The summed E-state index contributed by atoms with van der Waals surface area (Å²) < 4.78 is 1.38. The molecule has 1 heterocycles. The number of nitrogens with two attached hydrogens (primary N) is 1. The van der Waals surface area contributed by atoms with Crippen LogP contribution in [0.5, 0.6) is 0 Å². The van der Waals surface area contributed by atoms with E-state index in [1.54, 1.807) is 0 Å². The Balaban J connectivity index is 2.29. The Morgan fingerprint density at radius 2 is 1.94 bits per heavy atom. The zero-order valence-corrected chi connectivity index (χ0v) is 11.7. The summed E-state index contributed by atoms with van der Waals surface area (Å²) >= 11 is 1.84. The van der Waals surface area contributed by atoms with Gasteiger partial charge in [-0.05, 0) is 46.7 Å². The third-order valence-corrected chi connectivity index (χ3v) is 4.55. The van der Waals surface area contributed by atoms with Crippen LogP contribution < -0.4 is 5.73 Å². The summed E-state index contributed by atoms with van der Waals surface area (Å²) in [6.45, 7) is 7.59. The maximum atomic E-state index is 5.92. The number of hydrogen-bond donors (Lipinski definition) is 1. The summed E-state index contributed by atoms with van der Waals surface area (Å²) in [6, 6.07) is 8.63. The second-order valence-corrected chi connectivity index (χ2v) is 6.67. The van der Waals surface area contributed by atoms with Crippen LogP contribution in [0.15, 0.2) is 29.6 Å². The van der Waals surface area contributed by atoms with Crippen LogP contribution in [-0.2, 0) is 6.42 Å². The lowest BCUT2D eigenvalue weighted by Gasteiger charge is -2.29. The number of hydrogen-bond acceptors (Lipinski definition) is 2. The second kappa shape index (κ2) is 4.79. The number of thiophene rings is 1. The first-order chi connectivity index (χ1) is 8.02. The van der Waals surface area contributed by atoms with E-state index in [1.807, 2.05) is 11.3 Å². The van der Waals surface area contributed by atoms with Gasteiger partial charge in [-0.25, -0.2) is 0 Å². The molecule has 0 aliphatic carbocycles. The first-order valence-corrected chi connectivity index (χ1v) is 7.05. The molecule has 0 saturated heterocycles. The summed E-state index contributed by atoms with van der Waals surface area (Å²) in [5.41, 5.74) is 7.65. The van der Waals surface area contributed by atoms with Crippen molar-refractivity contribution in [3.05, 3.63) is 35.2 Å². The Morgan fingerprint density at radius 3 is 2.59 bits per heavy atom. The first-order valence-electron chi connectivity index (χ1n) is 6.17. The predicted molar refractivity (Wildman–Crippen MR) is 77.5 cm³/mol. The van der Waals surface area contributed by atoms with Gasteiger partial charge >= 0.3 is 0 Å². The van der Waals surface area contributed by atoms with Crippen molar-refractivity contribution in [1.29, 1.82) is 0 Å². The van der Waals surface area contributed by atoms with E-state index in [1.165, 1.54) is 15.6 Å². The minimum Gasteiger partial charge on any atom is -0.330 e. The van der Waals surface area contributed by atoms with Crippen LogP contribution in [-0.4, -0.2) is 6.54 Å². The molecule has 1 aromatic carbocycles. The summed E-state index contributed by atoms with van der Waals surface area (Å²) in [4.78, 5) is 0. The highest BCUT2D eigenvalue weighted by molar-refractivity contribution is 7.17. The highest BCUT2D eigenvalue weighted by Gasteiger charge is 2.24. The van der Waals surface area contributed by atoms with Gasteiger partial charge in [0, 0.05) is 4.70 Å². The zero-order valence-electron chi connectivity index (χ0n) is 10.9. The van der Waals surface area contributed by atoms with E-state index in [4.69, 9.17) is 5.73 Å². The molecular formula is C15H21NS. The molecule has 17 heavy (non-hydrogen) atoms. The Bertz CT molecular complexity index is 493. The minimum atomic E-state index is 0.276. The van der Waals surface area contributed by atoms with Crippen molar-refractivity contribution in [1.82, 2.24) is 0 Å². The van der Waals surface area contributed by atoms with Crippen molar-refractivity contribution in [3.63, 3.8) is 0 Å². The van der Waals surface area contributed by atoms with Gasteiger partial charge in [0.1, 0.15) is 0 Å². The topological polar surface area (TPSA) is 26.0 Å². The van der Waals surface area contributed by atoms with Gasteiger partial charge in [0.2, 0.25) is 0 Å². The van der Waals surface area contributed by atoms with E-state index >= 15 is 0 Å². The van der Waals surface area contributed by atoms with E-state index in [-0.39, 0.29) is 5.41 Å². The van der Waals surface area contributed by atoms with Gasteiger partial charge in [-0.3, -0.25) is 0 Å². The third-order valence-electron chi connectivity index (χ3n) is 3.54. The molecule has 0 radical (unpaired) electrons. The molecule has 0 saturated carbocycles. The van der Waals surface area contributed by atoms with Crippen molar-refractivity contribution in [2.45, 2.75) is 27.2 Å². The Kier molecular flexibility index (Phi) is 3.55. The number of benzene rings is 1. The molecule has 1 unspecified atom stereocenters. The Labute approximate surface area is 108 Å². The molecule has 0 aliphatic heterocycles. The summed E-state index contributed by atoms with van der Waals surface area (Å²) in [5.74, 6) is 0.542. The van der Waals surface area contributed by atoms with Crippen LogP contribution in [0, 0.1) is 11.3 Å². The molecule has 0 aliphatic rings. The molecule has 92 valence electrons. The fourth-order valence-electron chi connectivity index (χ4n) is 2.20. The van der Waals surface area contributed by atoms with Gasteiger partial charge < -0.3 is 5.73 Å². The molecule has 1 aromatic heterocycles. The zero-order chi connectivity index (χ0) is 12.5. The van der Waals surface area contributed by atoms with Crippen LogP contribution in [0.3, 0.4) is 0 Å². The van der Waals surface area contributed by atoms with Crippen LogP contribution >= 0.6 is 11.3 Å². The van der Waals surface area contributed by atoms with Crippen molar-refractivity contribution in [3.8, 4) is 0 Å². The van der Waals surface area contributed by atoms with E-state index in [9.17, 15) is 0 Å². The van der Waals surface area contributed by atoms with Crippen LogP contribution in [0.2, 0.25) is 0 Å². The van der Waals surface area contributed by atoms with Gasteiger partial charge in [0.15, 0.2) is 0 Å². The molecule has 1 atom stereocenters. The molecule has 0 amide bonds. The first kappa shape index (κ1) is 12.6. The molecule has 2 aromatic rings. The fraction of sp³-hybridized carbons (Fsp3) is 0.467. The van der Waals surface area contributed by atoms with Gasteiger partial charge in [0.25, 0.3) is 0 Å². The largest absolute Gasteiger partial charge is 0.330 e. The smallest absolute Gasteiger partial charge is 0.0345 e. The average molecular weight is 247 g/mol. The van der Waals surface area contributed by atoms with Gasteiger partial charge in [-0.1, -0.05) is 39.0 Å². The maximum Gasteiger partial charge on any atom is 0.0345 e. The van der Waals surface area contributed by atoms with Gasteiger partial charge in [-0.15, -0.1) is 11.3 Å². The van der Waals surface area contributed by atoms with Crippen LogP contribution in [0.25, 0.3) is 10.1 Å². The normalized spacial score (nSPS) is 14.1. The van der Waals surface area contributed by atoms with Crippen LogP contribution in [0.1, 0.15) is 26.3 Å². The molecule has 0 bridgehead atoms. The molecular weight excluding hydrogens is 226 g/mol. The quantitative estimate of drug-likeness (QED) is 0.869. The minimum absolute atomic E-state index is 0.276. The van der Waals surface area contributed by atoms with Crippen molar-refractivity contribution in [2.24, 2.45) is 17.1 Å². The average Bonchev–Trinajstić information content (AvgIpc) is 2.67. The van der Waals surface area contributed by atoms with E-state index in [2.05, 4.69) is 50.4 Å². The summed E-state index contributed by atoms with van der Waals surface area (Å²) in [7, 11) is 0. The molecule has 0 fully saturated rings. The molecule has 0 spiro atoms. The SMILES string of the molecule is CC(C)(C)C(CN)Cc1csc2ccccc12. The predicted octanol–water partition coefficient (Wildman–Crippen LogP) is 4.06. The summed E-state index contributed by atoms with van der Waals surface area (Å²) in [6.07, 6.45) is 1.09. The fourth-order valence-corrected chi connectivity index (χ4v) is 3.18. The third kappa shape index (κ3) is 2.70. The molecule has 1 nitrogen and oxygen atoms in total. The maximum absolute atomic E-state index is 5.92. The monoisotopic (exact) mass is 247 g/mol. The van der Waals surface area contributed by atoms with Crippen LogP contribution in [0.4, 0.5) is 0 Å². The van der Waals surface area contributed by atoms with Gasteiger partial charge in [0.05, 0.1) is 0 Å². The number of rotatable bonds is 3. The van der Waals surface area contributed by atoms with E-state index in [0.717, 1.165) is 13.0 Å². The second-order valence-electron chi connectivity index (χ2n) is 5.76. The van der Waals surface area contributed by atoms with Crippen molar-refractivity contribution < 1.29 is 0 Å². The van der Waals surface area contributed by atoms with E-state index in [0.29, 0.717) is 5.92 Å². The molecule has 2 N–H and O–H groups in total. The van der Waals surface area contributed by atoms with Crippen molar-refractivity contribution in [2.75, 3.05) is 6.54 Å². The number of fused-ring (bicyclic) bond motifs is 1. The standard InChI is InChI=1S/C15H21NS/c1-15(2,3)12(9-16)8-11-10-17-14-7-5-4-6-13(11)14/h4-7,10,12H,8-9,16H2,1-3H3. The summed E-state index contributed by atoms with van der Waals surface area (Å²) in [5, 5.41) is 3.69. The highest BCUT2D eigenvalue weighted by atomic mass is 32.1. The molecule has 2 rings (SSSR count). The molecule has 2 heteroatoms. The highest BCUT2D eigenvalue weighted by Crippen LogP contribution is 2.33. The lowest BCUT2D eigenvalue weighted by atomic mass is 9.77. The van der Waals surface area contributed by atoms with Gasteiger partial charge in [-0.2, -0.15) is 0 Å². The lowest BCUT2D eigenvalue weighted by Crippen LogP contribution is -2.29.